The van der Waals surface area contributed by atoms with Gasteiger partial charge in [0.05, 0.1) is 13.1 Å². The van der Waals surface area contributed by atoms with Crippen LogP contribution in [0.4, 0.5) is 0 Å². The Bertz CT molecular complexity index is 396. The molecule has 1 fully saturated rings. The van der Waals surface area contributed by atoms with Gasteiger partial charge in [0.15, 0.2) is 0 Å². The fourth-order valence-electron chi connectivity index (χ4n) is 3.00. The molecule has 2 N–H and O–H groups in total. The molecule has 2 rings (SSSR count). The first-order valence-corrected chi connectivity index (χ1v) is 8.40. The van der Waals surface area contributed by atoms with Gasteiger partial charge >= 0.3 is 0 Å². The number of rotatable bonds is 7. The topological polar surface area (TPSA) is 33.9 Å². The number of nitrogens with one attached hydrogen (secondary N) is 1. The highest BCUT2D eigenvalue weighted by Gasteiger charge is 2.21. The number of aliphatic hydroxyl groups is 1. The van der Waals surface area contributed by atoms with Gasteiger partial charge in [0.1, 0.15) is 25.0 Å². The quantitative estimate of drug-likeness (QED) is 0.802. The Morgan fingerprint density at radius 3 is 2.52 bits per heavy atom. The summed E-state index contributed by atoms with van der Waals surface area (Å²) < 4.78 is 5.70. The van der Waals surface area contributed by atoms with Gasteiger partial charge in [-0.2, -0.15) is 0 Å². The molecular formula is C18H30NO2+. The number of ether oxygens (including phenoxy) is 1. The fourth-order valence-corrected chi connectivity index (χ4v) is 3.00. The highest BCUT2D eigenvalue weighted by Crippen LogP contribution is 2.13. The second-order valence-corrected chi connectivity index (χ2v) is 6.50. The van der Waals surface area contributed by atoms with Crippen molar-refractivity contribution in [1.82, 2.24) is 0 Å². The fraction of sp³-hybridized carbons (Fsp3) is 0.667. The number of aryl methyl sites for hydroxylation is 1. The van der Waals surface area contributed by atoms with Crippen molar-refractivity contribution in [3.8, 4) is 5.75 Å². The molecule has 0 unspecified atom stereocenters. The molecule has 1 aliphatic heterocycles. The van der Waals surface area contributed by atoms with E-state index in [1.807, 2.05) is 12.1 Å². The van der Waals surface area contributed by atoms with E-state index < -0.39 is 0 Å². The van der Waals surface area contributed by atoms with Crippen LogP contribution in [0.15, 0.2) is 24.3 Å². The predicted molar refractivity (Wildman–Crippen MR) is 85.9 cm³/mol. The maximum absolute atomic E-state index is 10.1. The molecule has 0 spiro atoms. The normalized spacial score (nSPS) is 23.8. The third kappa shape index (κ3) is 5.68. The summed E-state index contributed by atoms with van der Waals surface area (Å²) in [5, 5.41) is 10.1. The second-order valence-electron chi connectivity index (χ2n) is 6.50. The van der Waals surface area contributed by atoms with Crippen LogP contribution in [-0.2, 0) is 6.42 Å². The summed E-state index contributed by atoms with van der Waals surface area (Å²) in [7, 11) is 0. The second kappa shape index (κ2) is 8.40. The zero-order chi connectivity index (χ0) is 15.1. The Kier molecular flexibility index (Phi) is 6.52. The third-order valence-electron chi connectivity index (χ3n) is 4.41. The Balaban J connectivity index is 1.69. The number of hydrogen-bond donors (Lipinski definition) is 2. The summed E-state index contributed by atoms with van der Waals surface area (Å²) in [6.07, 6.45) is 4.46. The lowest BCUT2D eigenvalue weighted by molar-refractivity contribution is -0.909. The van der Waals surface area contributed by atoms with E-state index in [-0.39, 0.29) is 6.10 Å². The minimum Gasteiger partial charge on any atom is -0.491 e. The van der Waals surface area contributed by atoms with Crippen molar-refractivity contribution < 1.29 is 14.7 Å². The number of benzene rings is 1. The van der Waals surface area contributed by atoms with Crippen LogP contribution in [0.25, 0.3) is 0 Å². The van der Waals surface area contributed by atoms with Crippen LogP contribution in [0, 0.1) is 5.92 Å². The van der Waals surface area contributed by atoms with Gasteiger partial charge in [0.2, 0.25) is 0 Å². The van der Waals surface area contributed by atoms with Gasteiger partial charge in [0, 0.05) is 0 Å². The molecule has 0 saturated carbocycles. The van der Waals surface area contributed by atoms with Crippen molar-refractivity contribution in [2.24, 2.45) is 5.92 Å². The van der Waals surface area contributed by atoms with Crippen LogP contribution in [0.2, 0.25) is 0 Å². The van der Waals surface area contributed by atoms with E-state index in [1.165, 1.54) is 36.4 Å². The standard InChI is InChI=1S/C18H29NO2/c1-3-4-16-5-7-18(8-6-16)21-14-17(20)13-19-11-9-15(2)10-12-19/h5-8,15,17,20H,3-4,9-14H2,1-2H3/p+1/t17-/m0/s1. The summed E-state index contributed by atoms with van der Waals surface area (Å²) in [5.74, 6) is 1.71. The molecular weight excluding hydrogens is 262 g/mol. The maximum Gasteiger partial charge on any atom is 0.137 e. The third-order valence-corrected chi connectivity index (χ3v) is 4.41. The van der Waals surface area contributed by atoms with Crippen LogP contribution in [0.1, 0.15) is 38.7 Å². The van der Waals surface area contributed by atoms with Crippen molar-refractivity contribution in [3.63, 3.8) is 0 Å². The van der Waals surface area contributed by atoms with Gasteiger partial charge in [-0.05, 0) is 42.9 Å². The molecule has 0 aliphatic carbocycles. The molecule has 1 aromatic rings. The van der Waals surface area contributed by atoms with Gasteiger partial charge in [-0.15, -0.1) is 0 Å². The molecule has 1 heterocycles. The minimum absolute atomic E-state index is 0.372. The molecule has 1 atom stereocenters. The van der Waals surface area contributed by atoms with Crippen LogP contribution in [0.3, 0.4) is 0 Å². The predicted octanol–water partition coefficient (Wildman–Crippen LogP) is 1.69. The molecule has 0 amide bonds. The number of hydrogen-bond acceptors (Lipinski definition) is 2. The van der Waals surface area contributed by atoms with E-state index in [1.54, 1.807) is 0 Å². The Labute approximate surface area is 128 Å². The first-order valence-electron chi connectivity index (χ1n) is 8.40. The van der Waals surface area contributed by atoms with E-state index in [2.05, 4.69) is 26.0 Å². The monoisotopic (exact) mass is 292 g/mol. The molecule has 3 heteroatoms. The number of piperidine rings is 1. The van der Waals surface area contributed by atoms with Crippen LogP contribution in [-0.4, -0.2) is 37.5 Å². The minimum atomic E-state index is -0.372. The van der Waals surface area contributed by atoms with Crippen molar-refractivity contribution in [3.05, 3.63) is 29.8 Å². The zero-order valence-corrected chi connectivity index (χ0v) is 13.5. The number of quaternary nitrogens is 1. The van der Waals surface area contributed by atoms with E-state index in [9.17, 15) is 5.11 Å². The molecule has 118 valence electrons. The van der Waals surface area contributed by atoms with Crippen molar-refractivity contribution in [2.45, 2.75) is 45.6 Å². The van der Waals surface area contributed by atoms with E-state index >= 15 is 0 Å². The smallest absolute Gasteiger partial charge is 0.137 e. The molecule has 1 aliphatic rings. The summed E-state index contributed by atoms with van der Waals surface area (Å²) in [5.41, 5.74) is 1.34. The molecule has 3 nitrogen and oxygen atoms in total. The van der Waals surface area contributed by atoms with E-state index in [0.717, 1.165) is 31.1 Å². The molecule has 1 saturated heterocycles. The molecule has 0 radical (unpaired) electrons. The highest BCUT2D eigenvalue weighted by atomic mass is 16.5. The van der Waals surface area contributed by atoms with Crippen LogP contribution < -0.4 is 9.64 Å². The highest BCUT2D eigenvalue weighted by molar-refractivity contribution is 5.27. The summed E-state index contributed by atoms with van der Waals surface area (Å²) in [6, 6.07) is 8.24. The Hall–Kier alpha value is -1.06. The van der Waals surface area contributed by atoms with E-state index in [4.69, 9.17) is 4.74 Å². The average molecular weight is 292 g/mol. The maximum atomic E-state index is 10.1. The lowest BCUT2D eigenvalue weighted by atomic mass is 9.99. The lowest BCUT2D eigenvalue weighted by Gasteiger charge is -2.28. The number of likely N-dealkylation sites (tertiary alicyclic amines) is 1. The van der Waals surface area contributed by atoms with Crippen molar-refractivity contribution in [2.75, 3.05) is 26.2 Å². The SMILES string of the molecule is CCCc1ccc(OC[C@@H](O)C[NH+]2CCC(C)CC2)cc1. The largest absolute Gasteiger partial charge is 0.491 e. The first kappa shape index (κ1) is 16.3. The Morgan fingerprint density at radius 1 is 1.24 bits per heavy atom. The van der Waals surface area contributed by atoms with Crippen LogP contribution >= 0.6 is 0 Å². The molecule has 0 aromatic heterocycles. The summed E-state index contributed by atoms with van der Waals surface area (Å²) in [6.45, 7) is 8.07. The summed E-state index contributed by atoms with van der Waals surface area (Å²) >= 11 is 0. The molecule has 21 heavy (non-hydrogen) atoms. The summed E-state index contributed by atoms with van der Waals surface area (Å²) in [4.78, 5) is 1.52. The van der Waals surface area contributed by atoms with Gasteiger partial charge < -0.3 is 14.7 Å². The van der Waals surface area contributed by atoms with Crippen molar-refractivity contribution >= 4 is 0 Å². The van der Waals surface area contributed by atoms with Gasteiger partial charge in [-0.1, -0.05) is 32.4 Å². The van der Waals surface area contributed by atoms with Gasteiger partial charge in [-0.25, -0.2) is 0 Å². The van der Waals surface area contributed by atoms with Gasteiger partial charge in [0.25, 0.3) is 0 Å². The van der Waals surface area contributed by atoms with Gasteiger partial charge in [-0.3, -0.25) is 0 Å². The zero-order valence-electron chi connectivity index (χ0n) is 13.5. The van der Waals surface area contributed by atoms with E-state index in [0.29, 0.717) is 6.61 Å². The molecule has 0 bridgehead atoms. The van der Waals surface area contributed by atoms with Crippen molar-refractivity contribution in [1.29, 1.82) is 0 Å². The van der Waals surface area contributed by atoms with Crippen LogP contribution in [0.5, 0.6) is 5.75 Å². The number of aliphatic hydroxyl groups excluding tert-OH is 1. The molecule has 1 aromatic carbocycles. The first-order chi connectivity index (χ1) is 10.2. The lowest BCUT2D eigenvalue weighted by Crippen LogP contribution is -3.14. The average Bonchev–Trinajstić information content (AvgIpc) is 2.49. The Morgan fingerprint density at radius 2 is 1.90 bits per heavy atom.